The quantitative estimate of drug-likeness (QED) is 0.638. The Morgan fingerprint density at radius 3 is 2.70 bits per heavy atom. The number of fused-ring (bicyclic) bond motifs is 1. The lowest BCUT2D eigenvalue weighted by Gasteiger charge is -2.34. The second-order valence-electron chi connectivity index (χ2n) is 7.87. The van der Waals surface area contributed by atoms with Crippen LogP contribution >= 0.6 is 0 Å². The molecule has 0 bridgehead atoms. The van der Waals surface area contributed by atoms with E-state index in [9.17, 15) is 0 Å². The molecule has 0 amide bonds. The highest BCUT2D eigenvalue weighted by Gasteiger charge is 2.26. The highest BCUT2D eigenvalue weighted by molar-refractivity contribution is 5.70. The molecule has 2 aromatic carbocycles. The summed E-state index contributed by atoms with van der Waals surface area (Å²) in [6, 6.07) is 15.0. The van der Waals surface area contributed by atoms with Crippen LogP contribution in [0.25, 0.3) is 11.4 Å². The largest absolute Gasteiger partial charge is 0.496 e. The number of rotatable bonds is 5. The van der Waals surface area contributed by atoms with Crippen LogP contribution in [0.4, 0.5) is 0 Å². The van der Waals surface area contributed by atoms with E-state index >= 15 is 0 Å². The summed E-state index contributed by atoms with van der Waals surface area (Å²) in [5.41, 5.74) is 2.30. The lowest BCUT2D eigenvalue weighted by molar-refractivity contribution is 0.170. The van der Waals surface area contributed by atoms with E-state index in [1.807, 2.05) is 18.3 Å². The van der Waals surface area contributed by atoms with Gasteiger partial charge in [0.15, 0.2) is 11.5 Å². The van der Waals surface area contributed by atoms with Gasteiger partial charge < -0.3 is 18.8 Å². The fourth-order valence-corrected chi connectivity index (χ4v) is 4.47. The summed E-state index contributed by atoms with van der Waals surface area (Å²) >= 11 is 0. The monoisotopic (exact) mass is 405 g/mol. The maximum Gasteiger partial charge on any atom is 0.165 e. The van der Waals surface area contributed by atoms with Crippen LogP contribution in [0, 0.1) is 0 Å². The third kappa shape index (κ3) is 3.75. The number of benzene rings is 2. The summed E-state index contributed by atoms with van der Waals surface area (Å²) in [5, 5.41) is 0. The summed E-state index contributed by atoms with van der Waals surface area (Å²) in [6.07, 6.45) is 6.28. The Morgan fingerprint density at radius 2 is 1.90 bits per heavy atom. The van der Waals surface area contributed by atoms with Gasteiger partial charge in [0.1, 0.15) is 24.8 Å². The van der Waals surface area contributed by atoms with Gasteiger partial charge in [0.05, 0.1) is 12.7 Å². The van der Waals surface area contributed by atoms with Gasteiger partial charge >= 0.3 is 0 Å². The van der Waals surface area contributed by atoms with Gasteiger partial charge in [-0.05, 0) is 31.0 Å². The van der Waals surface area contributed by atoms with Crippen LogP contribution in [0.1, 0.15) is 24.4 Å². The first-order chi connectivity index (χ1) is 14.8. The predicted molar refractivity (Wildman–Crippen MR) is 115 cm³/mol. The fraction of sp³-hybridized carbons (Fsp3) is 0.375. The van der Waals surface area contributed by atoms with Crippen molar-refractivity contribution in [2.24, 2.45) is 0 Å². The molecule has 0 spiro atoms. The van der Waals surface area contributed by atoms with E-state index in [-0.39, 0.29) is 0 Å². The summed E-state index contributed by atoms with van der Waals surface area (Å²) < 4.78 is 19.5. The molecular formula is C24H27N3O3. The predicted octanol–water partition coefficient (Wildman–Crippen LogP) is 4.17. The molecule has 6 heteroatoms. The number of nitrogens with zero attached hydrogens (tertiary/aromatic N) is 3. The maximum atomic E-state index is 5.80. The van der Waals surface area contributed by atoms with E-state index in [0.717, 1.165) is 54.7 Å². The van der Waals surface area contributed by atoms with Gasteiger partial charge in [0.25, 0.3) is 0 Å². The molecule has 0 saturated carbocycles. The second kappa shape index (κ2) is 8.40. The van der Waals surface area contributed by atoms with Crippen molar-refractivity contribution in [1.82, 2.24) is 14.5 Å². The number of imidazole rings is 1. The Morgan fingerprint density at radius 1 is 1.10 bits per heavy atom. The molecule has 1 unspecified atom stereocenters. The first-order valence-corrected chi connectivity index (χ1v) is 10.6. The minimum Gasteiger partial charge on any atom is -0.496 e. The molecule has 0 aliphatic carbocycles. The van der Waals surface area contributed by atoms with Crippen LogP contribution in [0.3, 0.4) is 0 Å². The average molecular weight is 405 g/mol. The highest BCUT2D eigenvalue weighted by Crippen LogP contribution is 2.42. The van der Waals surface area contributed by atoms with Crippen molar-refractivity contribution in [1.29, 1.82) is 0 Å². The molecular weight excluding hydrogens is 378 g/mol. The van der Waals surface area contributed by atoms with Gasteiger partial charge in [0.2, 0.25) is 0 Å². The van der Waals surface area contributed by atoms with Gasteiger partial charge in [-0.2, -0.15) is 0 Å². The minimum absolute atomic E-state index is 0.373. The lowest BCUT2D eigenvalue weighted by Crippen LogP contribution is -2.36. The van der Waals surface area contributed by atoms with Crippen LogP contribution in [-0.4, -0.2) is 47.9 Å². The van der Waals surface area contributed by atoms with Crippen molar-refractivity contribution in [2.75, 3.05) is 33.4 Å². The lowest BCUT2D eigenvalue weighted by atomic mass is 10.0. The summed E-state index contributed by atoms with van der Waals surface area (Å²) in [6.45, 7) is 4.23. The van der Waals surface area contributed by atoms with Gasteiger partial charge in [-0.1, -0.05) is 30.3 Å². The van der Waals surface area contributed by atoms with E-state index in [4.69, 9.17) is 19.2 Å². The first kappa shape index (κ1) is 19.0. The molecule has 6 nitrogen and oxygen atoms in total. The zero-order valence-electron chi connectivity index (χ0n) is 17.3. The number of ether oxygens (including phenoxy) is 3. The molecule has 156 valence electrons. The number of likely N-dealkylation sites (tertiary alicyclic amines) is 1. The Balaban J connectivity index is 1.42. The van der Waals surface area contributed by atoms with Gasteiger partial charge in [-0.3, -0.25) is 4.90 Å². The van der Waals surface area contributed by atoms with E-state index in [1.54, 1.807) is 7.11 Å². The average Bonchev–Trinajstić information content (AvgIpc) is 3.29. The molecule has 30 heavy (non-hydrogen) atoms. The minimum atomic E-state index is 0.373. The number of aromatic nitrogens is 2. The summed E-state index contributed by atoms with van der Waals surface area (Å²) in [5.74, 6) is 3.15. The van der Waals surface area contributed by atoms with Crippen molar-refractivity contribution in [2.45, 2.75) is 25.4 Å². The SMILES string of the molecule is COc1cc2c(cc1-c1nccn1C1CCCN(Cc3ccccc3)C1)OCCO2. The maximum absolute atomic E-state index is 5.80. The topological polar surface area (TPSA) is 48.8 Å². The number of piperidine rings is 1. The standard InChI is InChI=1S/C24H27N3O3/c1-28-21-15-23-22(29-12-13-30-23)14-20(21)24-25-9-11-27(24)19-8-5-10-26(17-19)16-18-6-3-2-4-7-18/h2-4,6-7,9,11,14-15,19H,5,8,10,12-13,16-17H2,1H3. The Hall–Kier alpha value is -2.99. The molecule has 3 heterocycles. The van der Waals surface area contributed by atoms with E-state index in [0.29, 0.717) is 19.3 Å². The molecule has 0 radical (unpaired) electrons. The smallest absolute Gasteiger partial charge is 0.165 e. The number of hydrogen-bond acceptors (Lipinski definition) is 5. The molecule has 1 saturated heterocycles. The summed E-state index contributed by atoms with van der Waals surface area (Å²) in [4.78, 5) is 7.23. The summed E-state index contributed by atoms with van der Waals surface area (Å²) in [7, 11) is 1.68. The van der Waals surface area contributed by atoms with Gasteiger partial charge in [0, 0.05) is 37.6 Å². The number of methoxy groups -OCH3 is 1. The molecule has 1 aromatic heterocycles. The van der Waals surface area contributed by atoms with Crippen LogP contribution < -0.4 is 14.2 Å². The Labute approximate surface area is 177 Å². The van der Waals surface area contributed by atoms with Crippen LogP contribution in [0.15, 0.2) is 54.9 Å². The second-order valence-corrected chi connectivity index (χ2v) is 7.87. The Bertz CT molecular complexity index is 1000. The molecule has 2 aliphatic rings. The molecule has 2 aliphatic heterocycles. The highest BCUT2D eigenvalue weighted by atomic mass is 16.6. The fourth-order valence-electron chi connectivity index (χ4n) is 4.47. The molecule has 1 atom stereocenters. The van der Waals surface area contributed by atoms with Crippen LogP contribution in [0.5, 0.6) is 17.2 Å². The zero-order valence-corrected chi connectivity index (χ0v) is 17.3. The van der Waals surface area contributed by atoms with Gasteiger partial charge in [-0.15, -0.1) is 0 Å². The normalized spacial score (nSPS) is 18.9. The van der Waals surface area contributed by atoms with Crippen LogP contribution in [0.2, 0.25) is 0 Å². The van der Waals surface area contributed by atoms with Crippen molar-refractivity contribution in [3.63, 3.8) is 0 Å². The molecule has 1 fully saturated rings. The van der Waals surface area contributed by atoms with Crippen LogP contribution in [-0.2, 0) is 6.54 Å². The van der Waals surface area contributed by atoms with E-state index in [2.05, 4.69) is 46.0 Å². The molecule has 3 aromatic rings. The third-order valence-corrected chi connectivity index (χ3v) is 5.90. The van der Waals surface area contributed by atoms with Crippen molar-refractivity contribution < 1.29 is 14.2 Å². The molecule has 0 N–H and O–H groups in total. The van der Waals surface area contributed by atoms with Crippen molar-refractivity contribution in [3.8, 4) is 28.6 Å². The molecule has 5 rings (SSSR count). The van der Waals surface area contributed by atoms with E-state index in [1.165, 1.54) is 12.0 Å². The van der Waals surface area contributed by atoms with E-state index < -0.39 is 0 Å². The van der Waals surface area contributed by atoms with Crippen molar-refractivity contribution >= 4 is 0 Å². The zero-order chi connectivity index (χ0) is 20.3. The van der Waals surface area contributed by atoms with Gasteiger partial charge in [-0.25, -0.2) is 4.98 Å². The first-order valence-electron chi connectivity index (χ1n) is 10.6. The number of hydrogen-bond donors (Lipinski definition) is 0. The van der Waals surface area contributed by atoms with Crippen molar-refractivity contribution in [3.05, 3.63) is 60.4 Å². The third-order valence-electron chi connectivity index (χ3n) is 5.90. The Kier molecular flexibility index (Phi) is 5.32.